The van der Waals surface area contributed by atoms with E-state index in [-0.39, 0.29) is 18.2 Å². The van der Waals surface area contributed by atoms with E-state index in [9.17, 15) is 14.4 Å². The third-order valence-corrected chi connectivity index (χ3v) is 4.59. The lowest BCUT2D eigenvalue weighted by Gasteiger charge is -2.17. The fourth-order valence-corrected chi connectivity index (χ4v) is 3.16. The predicted octanol–water partition coefficient (Wildman–Crippen LogP) is 2.13. The first-order chi connectivity index (χ1) is 12.0. The van der Waals surface area contributed by atoms with E-state index >= 15 is 0 Å². The van der Waals surface area contributed by atoms with Gasteiger partial charge in [0.15, 0.2) is 0 Å². The lowest BCUT2D eigenvalue weighted by Crippen LogP contribution is -2.48. The number of hydrogen-bond donors (Lipinski definition) is 3. The molecule has 1 rings (SSSR count). The molecule has 7 heteroatoms. The minimum Gasteiger partial charge on any atom is -0.370 e. The highest BCUT2D eigenvalue weighted by Gasteiger charge is 2.22. The van der Waals surface area contributed by atoms with Crippen LogP contribution in [0.2, 0.25) is 0 Å². The Balaban J connectivity index is 2.36. The summed E-state index contributed by atoms with van der Waals surface area (Å²) in [5.74, 6) is -1.19. The van der Waals surface area contributed by atoms with Crippen LogP contribution in [0, 0.1) is 0 Å². The average molecular weight is 368 g/mol. The third kappa shape index (κ3) is 9.86. The summed E-state index contributed by atoms with van der Waals surface area (Å²) >= 11 is 1.60. The van der Waals surface area contributed by atoms with E-state index in [1.807, 2.05) is 16.8 Å². The van der Waals surface area contributed by atoms with Crippen molar-refractivity contribution in [3.63, 3.8) is 0 Å². The van der Waals surface area contributed by atoms with Gasteiger partial charge in [-0.3, -0.25) is 14.4 Å². The largest absolute Gasteiger partial charge is 0.370 e. The van der Waals surface area contributed by atoms with Crippen LogP contribution in [-0.2, 0) is 20.8 Å². The minimum absolute atomic E-state index is 0.189. The van der Waals surface area contributed by atoms with Crippen LogP contribution in [0.3, 0.4) is 0 Å². The van der Waals surface area contributed by atoms with Crippen molar-refractivity contribution in [2.75, 3.05) is 6.54 Å². The summed E-state index contributed by atoms with van der Waals surface area (Å²) in [4.78, 5) is 35.4. The molecule has 0 aliphatic heterocycles. The molecule has 0 spiro atoms. The summed E-state index contributed by atoms with van der Waals surface area (Å²) in [7, 11) is 0. The Morgan fingerprint density at radius 2 is 1.96 bits per heavy atom. The van der Waals surface area contributed by atoms with Crippen LogP contribution in [0.15, 0.2) is 16.8 Å². The lowest BCUT2D eigenvalue weighted by molar-refractivity contribution is -0.131. The Labute approximate surface area is 153 Å². The summed E-state index contributed by atoms with van der Waals surface area (Å²) in [5.41, 5.74) is 6.35. The van der Waals surface area contributed by atoms with Gasteiger partial charge in [-0.2, -0.15) is 11.3 Å². The fourth-order valence-electron chi connectivity index (χ4n) is 2.45. The Bertz CT molecular complexity index is 532. The second-order valence-corrected chi connectivity index (χ2v) is 6.91. The molecule has 0 aliphatic rings. The van der Waals surface area contributed by atoms with Gasteiger partial charge in [0.25, 0.3) is 0 Å². The highest BCUT2D eigenvalue weighted by molar-refractivity contribution is 7.07. The lowest BCUT2D eigenvalue weighted by atomic mass is 10.1. The molecule has 1 aromatic rings. The molecule has 4 N–H and O–H groups in total. The van der Waals surface area contributed by atoms with Crippen LogP contribution in [0.4, 0.5) is 0 Å². The van der Waals surface area contributed by atoms with Crippen molar-refractivity contribution in [2.45, 2.75) is 64.3 Å². The first-order valence-electron chi connectivity index (χ1n) is 8.89. The summed E-state index contributed by atoms with van der Waals surface area (Å²) in [5, 5.41) is 9.39. The van der Waals surface area contributed by atoms with Crippen LogP contribution in [0.25, 0.3) is 0 Å². The number of nitrogens with one attached hydrogen (secondary N) is 2. The van der Waals surface area contributed by atoms with E-state index in [0.29, 0.717) is 19.4 Å². The van der Waals surface area contributed by atoms with Gasteiger partial charge < -0.3 is 16.4 Å². The van der Waals surface area contributed by atoms with Gasteiger partial charge in [-0.1, -0.05) is 32.6 Å². The van der Waals surface area contributed by atoms with Crippen molar-refractivity contribution in [2.24, 2.45) is 5.73 Å². The maximum Gasteiger partial charge on any atom is 0.243 e. The van der Waals surface area contributed by atoms with E-state index in [4.69, 9.17) is 5.73 Å². The molecule has 1 unspecified atom stereocenters. The van der Waals surface area contributed by atoms with Gasteiger partial charge in [-0.25, -0.2) is 0 Å². The predicted molar refractivity (Wildman–Crippen MR) is 100 cm³/mol. The van der Waals surface area contributed by atoms with Gasteiger partial charge in [-0.05, 0) is 35.2 Å². The molecule has 6 nitrogen and oxygen atoms in total. The SMILES string of the molecule is CCCCCCCC(=O)NC(CC(N)=O)C(=O)NCCc1ccsc1. The fraction of sp³-hybridized carbons (Fsp3) is 0.611. The number of carbonyl (C=O) groups excluding carboxylic acids is 3. The van der Waals surface area contributed by atoms with E-state index in [1.54, 1.807) is 11.3 Å². The van der Waals surface area contributed by atoms with Crippen LogP contribution >= 0.6 is 11.3 Å². The maximum atomic E-state index is 12.2. The van der Waals surface area contributed by atoms with Crippen molar-refractivity contribution in [1.82, 2.24) is 10.6 Å². The number of nitrogens with two attached hydrogens (primary N) is 1. The molecular weight excluding hydrogens is 338 g/mol. The number of rotatable bonds is 13. The van der Waals surface area contributed by atoms with Crippen LogP contribution < -0.4 is 16.4 Å². The van der Waals surface area contributed by atoms with Crippen molar-refractivity contribution < 1.29 is 14.4 Å². The number of unbranched alkanes of at least 4 members (excludes halogenated alkanes) is 4. The summed E-state index contributed by atoms with van der Waals surface area (Å²) in [6, 6.07) is 1.10. The van der Waals surface area contributed by atoms with E-state index in [1.165, 1.54) is 6.42 Å². The van der Waals surface area contributed by atoms with Crippen LogP contribution in [0.5, 0.6) is 0 Å². The molecular formula is C18H29N3O3S. The average Bonchev–Trinajstić information content (AvgIpc) is 3.07. The first kappa shape index (κ1) is 21.2. The summed E-state index contributed by atoms with van der Waals surface area (Å²) in [6.07, 6.45) is 6.09. The highest BCUT2D eigenvalue weighted by atomic mass is 32.1. The van der Waals surface area contributed by atoms with Gasteiger partial charge in [-0.15, -0.1) is 0 Å². The van der Waals surface area contributed by atoms with Gasteiger partial charge in [0, 0.05) is 13.0 Å². The second-order valence-electron chi connectivity index (χ2n) is 6.13. The molecule has 0 saturated carbocycles. The number of amides is 3. The Kier molecular flexibility index (Phi) is 10.6. The number of carbonyl (C=O) groups is 3. The molecule has 1 heterocycles. The quantitative estimate of drug-likeness (QED) is 0.465. The molecule has 0 aliphatic carbocycles. The summed E-state index contributed by atoms with van der Waals surface area (Å²) < 4.78 is 0. The smallest absolute Gasteiger partial charge is 0.243 e. The van der Waals surface area contributed by atoms with Gasteiger partial charge >= 0.3 is 0 Å². The van der Waals surface area contributed by atoms with Gasteiger partial charge in [0.05, 0.1) is 6.42 Å². The van der Waals surface area contributed by atoms with Crippen molar-refractivity contribution in [3.8, 4) is 0 Å². The number of thiophene rings is 1. The second kappa shape index (κ2) is 12.5. The molecule has 3 amide bonds. The Morgan fingerprint density at radius 1 is 1.20 bits per heavy atom. The molecule has 0 radical (unpaired) electrons. The molecule has 0 bridgehead atoms. The normalized spacial score (nSPS) is 11.7. The molecule has 0 fully saturated rings. The van der Waals surface area contributed by atoms with E-state index in [2.05, 4.69) is 17.6 Å². The zero-order chi connectivity index (χ0) is 18.5. The molecule has 0 saturated heterocycles. The standard InChI is InChI=1S/C18H29N3O3S/c1-2-3-4-5-6-7-17(23)21-15(12-16(19)22)18(24)20-10-8-14-9-11-25-13-14/h9,11,13,15H,2-8,10,12H2,1H3,(H2,19,22)(H,20,24)(H,21,23). The zero-order valence-corrected chi connectivity index (χ0v) is 15.7. The number of primary amides is 1. The molecule has 140 valence electrons. The van der Waals surface area contributed by atoms with Crippen LogP contribution in [0.1, 0.15) is 57.4 Å². The first-order valence-corrected chi connectivity index (χ1v) is 9.83. The van der Waals surface area contributed by atoms with E-state index in [0.717, 1.165) is 31.2 Å². The maximum absolute atomic E-state index is 12.2. The molecule has 1 atom stereocenters. The molecule has 0 aromatic carbocycles. The van der Waals surface area contributed by atoms with Crippen molar-refractivity contribution in [3.05, 3.63) is 22.4 Å². The zero-order valence-electron chi connectivity index (χ0n) is 14.9. The number of hydrogen-bond acceptors (Lipinski definition) is 4. The van der Waals surface area contributed by atoms with Gasteiger partial charge in [0.2, 0.25) is 17.7 Å². The van der Waals surface area contributed by atoms with Crippen LogP contribution in [-0.4, -0.2) is 30.3 Å². The molecule has 1 aromatic heterocycles. The monoisotopic (exact) mass is 367 g/mol. The third-order valence-electron chi connectivity index (χ3n) is 3.86. The Hall–Kier alpha value is -1.89. The van der Waals surface area contributed by atoms with Crippen molar-refractivity contribution in [1.29, 1.82) is 0 Å². The summed E-state index contributed by atoms with van der Waals surface area (Å²) in [6.45, 7) is 2.59. The highest BCUT2D eigenvalue weighted by Crippen LogP contribution is 2.07. The molecule has 25 heavy (non-hydrogen) atoms. The minimum atomic E-state index is -0.900. The topological polar surface area (TPSA) is 101 Å². The van der Waals surface area contributed by atoms with E-state index < -0.39 is 11.9 Å². The Morgan fingerprint density at radius 3 is 2.60 bits per heavy atom. The van der Waals surface area contributed by atoms with Gasteiger partial charge in [0.1, 0.15) is 6.04 Å². The van der Waals surface area contributed by atoms with Crippen molar-refractivity contribution >= 4 is 29.1 Å².